The van der Waals surface area contributed by atoms with E-state index in [1.165, 1.54) is 41.0 Å². The number of amides is 3. The highest BCUT2D eigenvalue weighted by atomic mass is 16.6. The summed E-state index contributed by atoms with van der Waals surface area (Å²) in [6.45, 7) is 1.89. The number of rotatable bonds is 10. The molecule has 2 aromatic carbocycles. The van der Waals surface area contributed by atoms with Gasteiger partial charge in [0.15, 0.2) is 6.61 Å². The van der Waals surface area contributed by atoms with Crippen molar-refractivity contribution < 1.29 is 29.2 Å². The van der Waals surface area contributed by atoms with Crippen LogP contribution in [0, 0.1) is 10.1 Å². The average Bonchev–Trinajstić information content (AvgIpc) is 2.84. The number of ether oxygens (including phenoxy) is 1. The minimum Gasteiger partial charge on any atom is -0.484 e. The molecule has 3 amide bonds. The molecule has 11 heteroatoms. The highest BCUT2D eigenvalue weighted by Crippen LogP contribution is 2.32. The molecule has 0 saturated heterocycles. The van der Waals surface area contributed by atoms with Crippen LogP contribution in [0.1, 0.15) is 24.9 Å². The standard InChI is InChI=1S/C24H26N4O7/c1-16-21(23(30)31)22(17-8-6-9-18(14-17)28(33)34)25-24(32)27(16)13-7-12-26(2)20(29)15-35-19-10-4-3-5-11-19/h3-6,8-11,14,22H,7,12-13,15H2,1-2H3,(H,25,32)(H,30,31). The second-order valence-corrected chi connectivity index (χ2v) is 7.96. The van der Waals surface area contributed by atoms with Crippen molar-refractivity contribution in [3.63, 3.8) is 0 Å². The van der Waals surface area contributed by atoms with Gasteiger partial charge in [0, 0.05) is 38.0 Å². The van der Waals surface area contributed by atoms with Crippen molar-refractivity contribution in [2.45, 2.75) is 19.4 Å². The van der Waals surface area contributed by atoms with E-state index < -0.39 is 23.0 Å². The first-order chi connectivity index (χ1) is 16.7. The maximum Gasteiger partial charge on any atom is 0.335 e. The summed E-state index contributed by atoms with van der Waals surface area (Å²) >= 11 is 0. The van der Waals surface area contributed by atoms with Crippen LogP contribution in [0.15, 0.2) is 65.9 Å². The van der Waals surface area contributed by atoms with Crippen LogP contribution in [0.4, 0.5) is 10.5 Å². The monoisotopic (exact) mass is 482 g/mol. The first-order valence-corrected chi connectivity index (χ1v) is 10.9. The Balaban J connectivity index is 1.65. The van der Waals surface area contributed by atoms with Gasteiger partial charge in [0.1, 0.15) is 5.75 Å². The maximum absolute atomic E-state index is 12.8. The number of carboxylic acid groups (broad SMARTS) is 1. The molecule has 1 aliphatic heterocycles. The third-order valence-corrected chi connectivity index (χ3v) is 5.65. The smallest absolute Gasteiger partial charge is 0.335 e. The molecule has 1 heterocycles. The van der Waals surface area contributed by atoms with E-state index in [1.54, 1.807) is 31.3 Å². The first-order valence-electron chi connectivity index (χ1n) is 10.9. The number of nitro groups is 1. The summed E-state index contributed by atoms with van der Waals surface area (Å²) in [5, 5.41) is 23.6. The molecule has 184 valence electrons. The Labute approximate surface area is 201 Å². The zero-order valence-corrected chi connectivity index (χ0v) is 19.3. The highest BCUT2D eigenvalue weighted by Gasteiger charge is 2.36. The van der Waals surface area contributed by atoms with E-state index in [0.717, 1.165) is 0 Å². The molecule has 0 radical (unpaired) electrons. The zero-order valence-electron chi connectivity index (χ0n) is 19.3. The van der Waals surface area contributed by atoms with E-state index in [1.807, 2.05) is 6.07 Å². The molecule has 0 aliphatic carbocycles. The van der Waals surface area contributed by atoms with Gasteiger partial charge in [0.05, 0.1) is 16.5 Å². The summed E-state index contributed by atoms with van der Waals surface area (Å²) in [6.07, 6.45) is 0.396. The van der Waals surface area contributed by atoms with Gasteiger partial charge in [-0.1, -0.05) is 30.3 Å². The largest absolute Gasteiger partial charge is 0.484 e. The lowest BCUT2D eigenvalue weighted by atomic mass is 9.94. The molecule has 1 unspecified atom stereocenters. The molecule has 35 heavy (non-hydrogen) atoms. The number of aliphatic carboxylic acids is 1. The Kier molecular flexibility index (Phi) is 8.03. The van der Waals surface area contributed by atoms with Gasteiger partial charge in [0.25, 0.3) is 11.6 Å². The summed E-state index contributed by atoms with van der Waals surface area (Å²) in [4.78, 5) is 50.5. The van der Waals surface area contributed by atoms with Crippen molar-refractivity contribution in [1.82, 2.24) is 15.1 Å². The van der Waals surface area contributed by atoms with Crippen LogP contribution in [0.25, 0.3) is 0 Å². The molecule has 0 saturated carbocycles. The number of benzene rings is 2. The number of non-ortho nitro benzene ring substituents is 1. The molecule has 2 N–H and O–H groups in total. The molecule has 11 nitrogen and oxygen atoms in total. The average molecular weight is 482 g/mol. The minimum absolute atomic E-state index is 0.0780. The minimum atomic E-state index is -1.24. The third-order valence-electron chi connectivity index (χ3n) is 5.65. The molecule has 3 rings (SSSR count). The van der Waals surface area contributed by atoms with Gasteiger partial charge in [-0.2, -0.15) is 0 Å². The summed E-state index contributed by atoms with van der Waals surface area (Å²) in [5.74, 6) is -0.893. The number of nitrogens with one attached hydrogen (secondary N) is 1. The lowest BCUT2D eigenvalue weighted by Crippen LogP contribution is -2.48. The number of carbonyl (C=O) groups is 3. The zero-order chi connectivity index (χ0) is 25.5. The van der Waals surface area contributed by atoms with Crippen molar-refractivity contribution >= 4 is 23.6 Å². The second-order valence-electron chi connectivity index (χ2n) is 7.96. The molecular weight excluding hydrogens is 456 g/mol. The fraction of sp³-hybridized carbons (Fsp3) is 0.292. The van der Waals surface area contributed by atoms with E-state index in [9.17, 15) is 29.6 Å². The molecule has 0 bridgehead atoms. The van der Waals surface area contributed by atoms with Crippen LogP contribution in [0.5, 0.6) is 5.75 Å². The number of carboxylic acids is 1. The number of carbonyl (C=O) groups excluding carboxylic acids is 2. The number of nitro benzene ring substituents is 1. The van der Waals surface area contributed by atoms with Crippen molar-refractivity contribution in [3.05, 3.63) is 81.5 Å². The fourth-order valence-electron chi connectivity index (χ4n) is 3.76. The Morgan fingerprint density at radius 1 is 1.20 bits per heavy atom. The van der Waals surface area contributed by atoms with E-state index in [4.69, 9.17) is 4.74 Å². The lowest BCUT2D eigenvalue weighted by molar-refractivity contribution is -0.384. The molecule has 0 spiro atoms. The van der Waals surface area contributed by atoms with E-state index in [-0.39, 0.29) is 36.0 Å². The molecule has 1 atom stereocenters. The molecular formula is C24H26N4O7. The Morgan fingerprint density at radius 3 is 2.57 bits per heavy atom. The van der Waals surface area contributed by atoms with Crippen molar-refractivity contribution in [2.24, 2.45) is 0 Å². The Hall–Kier alpha value is -4.41. The van der Waals surface area contributed by atoms with Crippen LogP contribution >= 0.6 is 0 Å². The number of likely N-dealkylation sites (N-methyl/N-ethyl adjacent to an activating group) is 1. The van der Waals surface area contributed by atoms with Crippen LogP contribution in [-0.2, 0) is 9.59 Å². The fourth-order valence-corrected chi connectivity index (χ4v) is 3.76. The topological polar surface area (TPSA) is 142 Å². The van der Waals surface area contributed by atoms with Crippen molar-refractivity contribution in [2.75, 3.05) is 26.7 Å². The number of hydrogen-bond acceptors (Lipinski definition) is 6. The number of nitrogens with zero attached hydrogens (tertiary/aromatic N) is 3. The second kappa shape index (κ2) is 11.1. The van der Waals surface area contributed by atoms with Crippen LogP contribution in [0.3, 0.4) is 0 Å². The van der Waals surface area contributed by atoms with E-state index >= 15 is 0 Å². The van der Waals surface area contributed by atoms with Gasteiger partial charge < -0.3 is 20.1 Å². The van der Waals surface area contributed by atoms with Crippen molar-refractivity contribution in [1.29, 1.82) is 0 Å². The quantitative estimate of drug-likeness (QED) is 0.392. The van der Waals surface area contributed by atoms with Gasteiger partial charge >= 0.3 is 12.0 Å². The maximum atomic E-state index is 12.8. The molecule has 0 fully saturated rings. The van der Waals surface area contributed by atoms with E-state index in [2.05, 4.69) is 5.32 Å². The van der Waals surface area contributed by atoms with Crippen LogP contribution in [-0.4, -0.2) is 64.5 Å². The Morgan fingerprint density at radius 2 is 1.91 bits per heavy atom. The summed E-state index contributed by atoms with van der Waals surface area (Å²) in [5.41, 5.74) is 0.253. The first kappa shape index (κ1) is 25.2. The predicted molar refractivity (Wildman–Crippen MR) is 126 cm³/mol. The summed E-state index contributed by atoms with van der Waals surface area (Å²) < 4.78 is 5.46. The van der Waals surface area contributed by atoms with Gasteiger partial charge in [0.2, 0.25) is 0 Å². The van der Waals surface area contributed by atoms with Gasteiger partial charge in [-0.05, 0) is 31.0 Å². The number of allylic oxidation sites excluding steroid dienone is 1. The number of para-hydroxylation sites is 1. The van der Waals surface area contributed by atoms with Crippen LogP contribution in [0.2, 0.25) is 0 Å². The van der Waals surface area contributed by atoms with E-state index in [0.29, 0.717) is 24.3 Å². The van der Waals surface area contributed by atoms with Crippen molar-refractivity contribution in [3.8, 4) is 5.75 Å². The predicted octanol–water partition coefficient (Wildman–Crippen LogP) is 2.95. The normalized spacial score (nSPS) is 15.4. The van der Waals surface area contributed by atoms with Gasteiger partial charge in [-0.25, -0.2) is 9.59 Å². The summed E-state index contributed by atoms with van der Waals surface area (Å²) in [7, 11) is 1.62. The number of urea groups is 1. The highest BCUT2D eigenvalue weighted by molar-refractivity contribution is 5.93. The number of hydrogen-bond donors (Lipinski definition) is 2. The molecule has 1 aliphatic rings. The lowest BCUT2D eigenvalue weighted by Gasteiger charge is -2.35. The van der Waals surface area contributed by atoms with Gasteiger partial charge in [-0.15, -0.1) is 0 Å². The Bertz CT molecular complexity index is 1150. The van der Waals surface area contributed by atoms with Crippen LogP contribution < -0.4 is 10.1 Å². The molecule has 2 aromatic rings. The SMILES string of the molecule is CC1=C(C(=O)O)C(c2cccc([N+](=O)[O-])c2)NC(=O)N1CCCN(C)C(=O)COc1ccccc1. The molecule has 0 aromatic heterocycles. The van der Waals surface area contributed by atoms with Gasteiger partial charge in [-0.3, -0.25) is 19.8 Å². The third kappa shape index (κ3) is 6.14. The summed E-state index contributed by atoms with van der Waals surface area (Å²) in [6, 6.07) is 12.9.